The van der Waals surface area contributed by atoms with Crippen LogP contribution in [-0.4, -0.2) is 19.3 Å². The van der Waals surface area contributed by atoms with Crippen molar-refractivity contribution in [2.75, 3.05) is 10.5 Å². The summed E-state index contributed by atoms with van der Waals surface area (Å²) in [6.45, 7) is 0. The molecule has 0 fully saturated rings. The molecule has 0 saturated heterocycles. The number of nitrogen functional groups attached to an aromatic ring is 1. The summed E-state index contributed by atoms with van der Waals surface area (Å²) in [6, 6.07) is 7.02. The molecule has 1 heterocycles. The van der Waals surface area contributed by atoms with Gasteiger partial charge < -0.3 is 11.5 Å². The first-order valence-electron chi connectivity index (χ1n) is 5.64. The van der Waals surface area contributed by atoms with E-state index in [1.807, 2.05) is 0 Å². The number of hydrogen-bond donors (Lipinski definition) is 3. The molecule has 0 spiro atoms. The fourth-order valence-corrected chi connectivity index (χ4v) is 3.22. The Hall–Kier alpha value is -2.13. The van der Waals surface area contributed by atoms with E-state index in [4.69, 9.17) is 11.5 Å². The summed E-state index contributed by atoms with van der Waals surface area (Å²) in [7, 11) is -3.93. The van der Waals surface area contributed by atoms with Crippen LogP contribution in [0.5, 0.6) is 0 Å². The summed E-state index contributed by atoms with van der Waals surface area (Å²) in [6.07, 6.45) is 1.45. The van der Waals surface area contributed by atoms with Gasteiger partial charge in [-0.3, -0.25) is 9.52 Å². The molecule has 5 N–H and O–H groups in total. The number of nitrogens with two attached hydrogens (primary N) is 2. The predicted molar refractivity (Wildman–Crippen MR) is 82.1 cm³/mol. The van der Waals surface area contributed by atoms with Gasteiger partial charge in [-0.1, -0.05) is 0 Å². The lowest BCUT2D eigenvalue weighted by atomic mass is 10.2. The summed E-state index contributed by atoms with van der Waals surface area (Å²) in [5, 5.41) is 0. The number of aromatic nitrogens is 1. The summed E-state index contributed by atoms with van der Waals surface area (Å²) >= 11 is 3.19. The van der Waals surface area contributed by atoms with Crippen LogP contribution in [-0.2, 0) is 10.0 Å². The predicted octanol–water partition coefficient (Wildman–Crippen LogP) is 1.33. The number of anilines is 2. The first-order chi connectivity index (χ1) is 9.81. The van der Waals surface area contributed by atoms with Crippen molar-refractivity contribution in [3.05, 3.63) is 46.6 Å². The van der Waals surface area contributed by atoms with E-state index in [0.717, 1.165) is 0 Å². The molecule has 0 bridgehead atoms. The maximum atomic E-state index is 12.3. The number of carbonyl (C=O) groups excluding carboxylic acids is 1. The van der Waals surface area contributed by atoms with E-state index in [1.165, 1.54) is 24.4 Å². The average Bonchev–Trinajstić information content (AvgIpc) is 2.40. The van der Waals surface area contributed by atoms with E-state index >= 15 is 0 Å². The zero-order chi connectivity index (χ0) is 15.6. The lowest BCUT2D eigenvalue weighted by Gasteiger charge is -2.11. The number of halogens is 1. The second kappa shape index (κ2) is 5.70. The third kappa shape index (κ3) is 3.31. The molecule has 0 saturated carbocycles. The Labute approximate surface area is 129 Å². The Morgan fingerprint density at radius 3 is 2.57 bits per heavy atom. The van der Waals surface area contributed by atoms with E-state index in [2.05, 4.69) is 25.6 Å². The number of hydrogen-bond acceptors (Lipinski definition) is 5. The molecule has 0 aliphatic carbocycles. The zero-order valence-electron chi connectivity index (χ0n) is 10.6. The number of pyridine rings is 1. The third-order valence-corrected chi connectivity index (χ3v) is 4.63. The number of carbonyl (C=O) groups is 1. The molecular formula is C12H11BrN4O3S. The normalized spacial score (nSPS) is 11.1. The first-order valence-corrected chi connectivity index (χ1v) is 7.91. The molecule has 0 atom stereocenters. The number of nitrogens with zero attached hydrogens (tertiary/aromatic N) is 1. The average molecular weight is 371 g/mol. The molecule has 0 aliphatic rings. The van der Waals surface area contributed by atoms with Crippen LogP contribution < -0.4 is 16.2 Å². The summed E-state index contributed by atoms with van der Waals surface area (Å²) < 4.78 is 27.4. The van der Waals surface area contributed by atoms with Gasteiger partial charge in [0.2, 0.25) is 5.91 Å². The fraction of sp³-hybridized carbons (Fsp3) is 0. The monoisotopic (exact) mass is 370 g/mol. The largest absolute Gasteiger partial charge is 0.398 e. The first kappa shape index (κ1) is 15.3. The number of rotatable bonds is 4. The van der Waals surface area contributed by atoms with Crippen LogP contribution in [0.25, 0.3) is 0 Å². The van der Waals surface area contributed by atoms with Crippen LogP contribution in [0, 0.1) is 0 Å². The topological polar surface area (TPSA) is 128 Å². The maximum absolute atomic E-state index is 12.3. The Morgan fingerprint density at radius 1 is 1.29 bits per heavy atom. The van der Waals surface area contributed by atoms with Crippen molar-refractivity contribution >= 4 is 43.4 Å². The fourth-order valence-electron chi connectivity index (χ4n) is 1.59. The van der Waals surface area contributed by atoms with Crippen LogP contribution in [0.1, 0.15) is 10.4 Å². The highest BCUT2D eigenvalue weighted by atomic mass is 79.9. The van der Waals surface area contributed by atoms with Crippen molar-refractivity contribution in [1.29, 1.82) is 0 Å². The second-order valence-electron chi connectivity index (χ2n) is 4.06. The number of sulfonamides is 1. The Balaban J connectivity index is 2.41. The highest BCUT2D eigenvalue weighted by Crippen LogP contribution is 2.25. The van der Waals surface area contributed by atoms with E-state index in [-0.39, 0.29) is 22.0 Å². The SMILES string of the molecule is NC(=O)c1ccc(S(=O)(=O)Nc2ncccc2Br)c(N)c1. The van der Waals surface area contributed by atoms with Crippen LogP contribution in [0.2, 0.25) is 0 Å². The molecule has 0 radical (unpaired) electrons. The van der Waals surface area contributed by atoms with Crippen molar-refractivity contribution in [3.8, 4) is 0 Å². The van der Waals surface area contributed by atoms with Gasteiger partial charge in [0.05, 0.1) is 10.2 Å². The standard InChI is InChI=1S/C12H11BrN4O3S/c13-8-2-1-5-16-12(8)17-21(19,20)10-4-3-7(11(15)18)6-9(10)14/h1-6H,14H2,(H2,15,18)(H,16,17). The molecule has 2 rings (SSSR count). The van der Waals surface area contributed by atoms with Gasteiger partial charge >= 0.3 is 0 Å². The molecule has 0 unspecified atom stereocenters. The lowest BCUT2D eigenvalue weighted by molar-refractivity contribution is 0.1000. The Bertz CT molecular complexity index is 808. The number of primary amides is 1. The van der Waals surface area contributed by atoms with Gasteiger partial charge in [-0.25, -0.2) is 13.4 Å². The Kier molecular flexibility index (Phi) is 4.14. The third-order valence-electron chi connectivity index (χ3n) is 2.57. The molecule has 1 aromatic carbocycles. The van der Waals surface area contributed by atoms with Crippen LogP contribution in [0.15, 0.2) is 45.9 Å². The summed E-state index contributed by atoms with van der Waals surface area (Å²) in [4.78, 5) is 14.8. The molecule has 1 amide bonds. The van der Waals surface area contributed by atoms with Crippen molar-refractivity contribution in [2.45, 2.75) is 4.90 Å². The highest BCUT2D eigenvalue weighted by Gasteiger charge is 2.20. The minimum atomic E-state index is -3.93. The second-order valence-corrected chi connectivity index (χ2v) is 6.56. The van der Waals surface area contributed by atoms with Crippen molar-refractivity contribution < 1.29 is 13.2 Å². The minimum absolute atomic E-state index is 0.0779. The van der Waals surface area contributed by atoms with Gasteiger partial charge in [0.1, 0.15) is 4.90 Å². The Morgan fingerprint density at radius 2 is 2.00 bits per heavy atom. The van der Waals surface area contributed by atoms with Gasteiger partial charge in [-0.05, 0) is 46.3 Å². The quantitative estimate of drug-likeness (QED) is 0.699. The van der Waals surface area contributed by atoms with Gasteiger partial charge in [0.25, 0.3) is 10.0 Å². The minimum Gasteiger partial charge on any atom is -0.398 e. The van der Waals surface area contributed by atoms with Crippen molar-refractivity contribution in [3.63, 3.8) is 0 Å². The van der Waals surface area contributed by atoms with E-state index in [9.17, 15) is 13.2 Å². The van der Waals surface area contributed by atoms with Crippen molar-refractivity contribution in [2.24, 2.45) is 5.73 Å². The summed E-state index contributed by atoms with van der Waals surface area (Å²) in [5.74, 6) is -0.554. The van der Waals surface area contributed by atoms with E-state index < -0.39 is 15.9 Å². The number of nitrogens with one attached hydrogen (secondary N) is 1. The summed E-state index contributed by atoms with van der Waals surface area (Å²) in [5.41, 5.74) is 10.8. The number of benzene rings is 1. The molecule has 2 aromatic rings. The van der Waals surface area contributed by atoms with Crippen LogP contribution in [0.3, 0.4) is 0 Å². The van der Waals surface area contributed by atoms with Gasteiger partial charge in [0.15, 0.2) is 5.82 Å². The molecule has 0 aliphatic heterocycles. The maximum Gasteiger partial charge on any atom is 0.265 e. The number of amides is 1. The van der Waals surface area contributed by atoms with E-state index in [0.29, 0.717) is 4.47 Å². The highest BCUT2D eigenvalue weighted by molar-refractivity contribution is 9.10. The molecule has 110 valence electrons. The molecule has 7 nitrogen and oxygen atoms in total. The molecule has 9 heteroatoms. The van der Waals surface area contributed by atoms with Gasteiger partial charge in [0, 0.05) is 11.8 Å². The van der Waals surface area contributed by atoms with Crippen LogP contribution in [0.4, 0.5) is 11.5 Å². The molecular weight excluding hydrogens is 360 g/mol. The molecule has 21 heavy (non-hydrogen) atoms. The zero-order valence-corrected chi connectivity index (χ0v) is 13.0. The van der Waals surface area contributed by atoms with Crippen LogP contribution >= 0.6 is 15.9 Å². The van der Waals surface area contributed by atoms with E-state index in [1.54, 1.807) is 12.1 Å². The van der Waals surface area contributed by atoms with Gasteiger partial charge in [-0.15, -0.1) is 0 Å². The lowest BCUT2D eigenvalue weighted by Crippen LogP contribution is -2.17. The van der Waals surface area contributed by atoms with Crippen molar-refractivity contribution in [1.82, 2.24) is 4.98 Å². The smallest absolute Gasteiger partial charge is 0.265 e. The molecule has 1 aromatic heterocycles. The van der Waals surface area contributed by atoms with Gasteiger partial charge in [-0.2, -0.15) is 0 Å².